The van der Waals surface area contributed by atoms with E-state index in [4.69, 9.17) is 11.6 Å². The number of hydrogen-bond donors (Lipinski definition) is 0. The van der Waals surface area contributed by atoms with E-state index in [1.54, 1.807) is 12.4 Å². The lowest BCUT2D eigenvalue weighted by atomic mass is 10.1. The van der Waals surface area contributed by atoms with Gasteiger partial charge in [0.15, 0.2) is 5.82 Å². The molecule has 0 aliphatic rings. The molecule has 0 spiro atoms. The van der Waals surface area contributed by atoms with Crippen molar-refractivity contribution in [2.45, 2.75) is 19.7 Å². The zero-order chi connectivity index (χ0) is 12.4. The van der Waals surface area contributed by atoms with Crippen LogP contribution in [0.4, 0.5) is 0 Å². The van der Waals surface area contributed by atoms with E-state index in [9.17, 15) is 0 Å². The molecule has 1 aromatic heterocycles. The molecule has 0 N–H and O–H groups in total. The lowest BCUT2D eigenvalue weighted by molar-refractivity contribution is 1.12. The van der Waals surface area contributed by atoms with Gasteiger partial charge in [-0.05, 0) is 37.1 Å². The molecule has 0 aliphatic heterocycles. The van der Waals surface area contributed by atoms with Crippen LogP contribution in [0.15, 0.2) is 29.0 Å². The second kappa shape index (κ2) is 5.15. The molecular weight excluding hydrogens is 300 g/mol. The van der Waals surface area contributed by atoms with Crippen molar-refractivity contribution in [1.29, 1.82) is 0 Å². The van der Waals surface area contributed by atoms with Gasteiger partial charge in [-0.3, -0.25) is 0 Å². The van der Waals surface area contributed by atoms with Gasteiger partial charge in [0.2, 0.25) is 0 Å². The van der Waals surface area contributed by atoms with Crippen LogP contribution in [0, 0.1) is 13.8 Å². The highest BCUT2D eigenvalue weighted by Gasteiger charge is 2.06. The van der Waals surface area contributed by atoms with Gasteiger partial charge >= 0.3 is 0 Å². The Balaban J connectivity index is 2.45. The minimum absolute atomic E-state index is 0.443. The van der Waals surface area contributed by atoms with E-state index in [0.717, 1.165) is 21.4 Å². The number of hydrogen-bond acceptors (Lipinski definition) is 2. The molecule has 0 amide bonds. The minimum atomic E-state index is 0.443. The second-order valence-corrected chi connectivity index (χ2v) is 5.03. The zero-order valence-corrected chi connectivity index (χ0v) is 12.0. The van der Waals surface area contributed by atoms with Gasteiger partial charge in [-0.2, -0.15) is 0 Å². The highest BCUT2D eigenvalue weighted by Crippen LogP contribution is 2.26. The third kappa shape index (κ3) is 2.67. The number of benzene rings is 1. The quantitative estimate of drug-likeness (QED) is 0.774. The van der Waals surface area contributed by atoms with Crippen molar-refractivity contribution in [3.05, 3.63) is 45.7 Å². The average molecular weight is 312 g/mol. The van der Waals surface area contributed by atoms with E-state index in [2.05, 4.69) is 51.9 Å². The SMILES string of the molecule is Cc1cc(-c2ncc(CCl)cn2)cc(C)c1Br. The van der Waals surface area contributed by atoms with Crippen LogP contribution >= 0.6 is 27.5 Å². The number of nitrogens with zero attached hydrogens (tertiary/aromatic N) is 2. The van der Waals surface area contributed by atoms with Crippen molar-refractivity contribution in [2.75, 3.05) is 0 Å². The summed E-state index contributed by atoms with van der Waals surface area (Å²) >= 11 is 9.26. The maximum absolute atomic E-state index is 5.71. The van der Waals surface area contributed by atoms with Gasteiger partial charge in [0.05, 0.1) is 5.88 Å². The summed E-state index contributed by atoms with van der Waals surface area (Å²) in [7, 11) is 0. The van der Waals surface area contributed by atoms with Crippen LogP contribution in [0.5, 0.6) is 0 Å². The smallest absolute Gasteiger partial charge is 0.159 e. The molecule has 1 aromatic carbocycles. The molecule has 0 atom stereocenters. The fourth-order valence-corrected chi connectivity index (χ4v) is 2.01. The van der Waals surface area contributed by atoms with Gasteiger partial charge in [0.25, 0.3) is 0 Å². The van der Waals surface area contributed by atoms with E-state index in [0.29, 0.717) is 5.88 Å². The lowest BCUT2D eigenvalue weighted by Gasteiger charge is -2.07. The normalized spacial score (nSPS) is 10.6. The first-order chi connectivity index (χ1) is 8.11. The molecule has 0 aliphatic carbocycles. The number of aryl methyl sites for hydroxylation is 2. The molecule has 0 radical (unpaired) electrons. The Labute approximate surface area is 114 Å². The highest BCUT2D eigenvalue weighted by atomic mass is 79.9. The van der Waals surface area contributed by atoms with Crippen LogP contribution in [0.25, 0.3) is 11.4 Å². The molecule has 2 rings (SSSR count). The van der Waals surface area contributed by atoms with Gasteiger partial charge in [0.1, 0.15) is 0 Å². The summed E-state index contributed by atoms with van der Waals surface area (Å²) < 4.78 is 1.14. The summed E-state index contributed by atoms with van der Waals surface area (Å²) in [5.74, 6) is 1.18. The maximum Gasteiger partial charge on any atom is 0.159 e. The standard InChI is InChI=1S/C13H12BrClN2/c1-8-3-11(4-9(2)12(8)14)13-16-6-10(5-15)7-17-13/h3-4,6-7H,5H2,1-2H3. The van der Waals surface area contributed by atoms with Crippen LogP contribution in [0.3, 0.4) is 0 Å². The van der Waals surface area contributed by atoms with Gasteiger partial charge < -0.3 is 0 Å². The van der Waals surface area contributed by atoms with Crippen molar-refractivity contribution in [3.8, 4) is 11.4 Å². The molecule has 1 heterocycles. The Morgan fingerprint density at radius 3 is 2.12 bits per heavy atom. The van der Waals surface area contributed by atoms with Crippen LogP contribution in [0.1, 0.15) is 16.7 Å². The first-order valence-corrected chi connectivity index (χ1v) is 6.58. The van der Waals surface area contributed by atoms with Crippen molar-refractivity contribution < 1.29 is 0 Å². The number of halogens is 2. The van der Waals surface area contributed by atoms with E-state index in [1.807, 2.05) is 0 Å². The van der Waals surface area contributed by atoms with E-state index in [-0.39, 0.29) is 0 Å². The largest absolute Gasteiger partial charge is 0.236 e. The summed E-state index contributed by atoms with van der Waals surface area (Å²) in [5.41, 5.74) is 4.33. The summed E-state index contributed by atoms with van der Waals surface area (Å²) in [4.78, 5) is 8.64. The number of aromatic nitrogens is 2. The summed E-state index contributed by atoms with van der Waals surface area (Å²) in [6, 6.07) is 4.15. The molecule has 2 nitrogen and oxygen atoms in total. The Morgan fingerprint density at radius 1 is 1.12 bits per heavy atom. The summed E-state index contributed by atoms with van der Waals surface area (Å²) in [5, 5.41) is 0. The van der Waals surface area contributed by atoms with Gasteiger partial charge in [0, 0.05) is 28.0 Å². The van der Waals surface area contributed by atoms with Gasteiger partial charge in [-0.1, -0.05) is 15.9 Å². The molecule has 0 unspecified atom stereocenters. The van der Waals surface area contributed by atoms with Crippen molar-refractivity contribution in [1.82, 2.24) is 9.97 Å². The van der Waals surface area contributed by atoms with E-state index in [1.165, 1.54) is 11.1 Å². The maximum atomic E-state index is 5.71. The first-order valence-electron chi connectivity index (χ1n) is 5.26. The van der Waals surface area contributed by atoms with E-state index < -0.39 is 0 Å². The second-order valence-electron chi connectivity index (χ2n) is 3.97. The third-order valence-electron chi connectivity index (χ3n) is 2.55. The summed E-state index contributed by atoms with van der Waals surface area (Å²) in [6.07, 6.45) is 3.53. The topological polar surface area (TPSA) is 25.8 Å². The minimum Gasteiger partial charge on any atom is -0.236 e. The summed E-state index contributed by atoms with van der Waals surface area (Å²) in [6.45, 7) is 4.13. The van der Waals surface area contributed by atoms with Crippen LogP contribution in [0.2, 0.25) is 0 Å². The van der Waals surface area contributed by atoms with Crippen molar-refractivity contribution in [3.63, 3.8) is 0 Å². The predicted octanol–water partition coefficient (Wildman–Crippen LogP) is 4.26. The average Bonchev–Trinajstić information content (AvgIpc) is 2.35. The lowest BCUT2D eigenvalue weighted by Crippen LogP contribution is -1.92. The number of rotatable bonds is 2. The van der Waals surface area contributed by atoms with E-state index >= 15 is 0 Å². The molecule has 0 fully saturated rings. The van der Waals surface area contributed by atoms with Gasteiger partial charge in [-0.25, -0.2) is 9.97 Å². The Kier molecular flexibility index (Phi) is 3.79. The molecule has 0 saturated carbocycles. The van der Waals surface area contributed by atoms with Crippen LogP contribution in [-0.4, -0.2) is 9.97 Å². The van der Waals surface area contributed by atoms with Crippen LogP contribution in [-0.2, 0) is 5.88 Å². The third-order valence-corrected chi connectivity index (χ3v) is 4.11. The molecule has 4 heteroatoms. The van der Waals surface area contributed by atoms with Crippen molar-refractivity contribution in [2.24, 2.45) is 0 Å². The highest BCUT2D eigenvalue weighted by molar-refractivity contribution is 9.10. The molecule has 0 saturated heterocycles. The molecule has 2 aromatic rings. The Hall–Kier alpha value is -0.930. The fourth-order valence-electron chi connectivity index (χ4n) is 1.65. The Morgan fingerprint density at radius 2 is 1.65 bits per heavy atom. The van der Waals surface area contributed by atoms with Crippen LogP contribution < -0.4 is 0 Å². The Bertz CT molecular complexity index is 515. The molecule has 88 valence electrons. The van der Waals surface area contributed by atoms with Crippen molar-refractivity contribution >= 4 is 27.5 Å². The number of alkyl halides is 1. The van der Waals surface area contributed by atoms with Gasteiger partial charge in [-0.15, -0.1) is 11.6 Å². The predicted molar refractivity (Wildman–Crippen MR) is 74.2 cm³/mol. The fraction of sp³-hybridized carbons (Fsp3) is 0.231. The molecule has 17 heavy (non-hydrogen) atoms. The monoisotopic (exact) mass is 310 g/mol. The molecular formula is C13H12BrClN2. The zero-order valence-electron chi connectivity index (χ0n) is 9.67. The molecule has 0 bridgehead atoms. The first kappa shape index (κ1) is 12.5.